The fourth-order valence-corrected chi connectivity index (χ4v) is 2.14. The van der Waals surface area contributed by atoms with Crippen molar-refractivity contribution in [2.24, 2.45) is 5.92 Å². The fraction of sp³-hybridized carbons (Fsp3) is 0.571. The molecule has 6 nitrogen and oxygen atoms in total. The molecule has 110 valence electrons. The van der Waals surface area contributed by atoms with E-state index in [0.29, 0.717) is 12.0 Å². The quantitative estimate of drug-likeness (QED) is 0.842. The number of nitrogens with one attached hydrogen (secondary N) is 2. The first-order chi connectivity index (χ1) is 9.51. The van der Waals surface area contributed by atoms with Gasteiger partial charge in [-0.2, -0.15) is 0 Å². The molecule has 0 amide bonds. The third-order valence-corrected chi connectivity index (χ3v) is 3.32. The smallest absolute Gasteiger partial charge is 0.180 e. The molecule has 2 aromatic rings. The van der Waals surface area contributed by atoms with E-state index >= 15 is 0 Å². The Bertz CT molecular complexity index is 560. The Morgan fingerprint density at radius 2 is 2.10 bits per heavy atom. The molecular weight excluding hydrogens is 252 g/mol. The summed E-state index contributed by atoms with van der Waals surface area (Å²) in [6.07, 6.45) is 5.65. The van der Waals surface area contributed by atoms with Gasteiger partial charge in [0.1, 0.15) is 5.82 Å². The molecule has 0 saturated heterocycles. The van der Waals surface area contributed by atoms with E-state index < -0.39 is 0 Å². The second-order valence-corrected chi connectivity index (χ2v) is 5.64. The summed E-state index contributed by atoms with van der Waals surface area (Å²) in [4.78, 5) is 11.2. The van der Waals surface area contributed by atoms with Gasteiger partial charge in [-0.15, -0.1) is 0 Å². The molecule has 0 fully saturated rings. The van der Waals surface area contributed by atoms with Gasteiger partial charge in [0.25, 0.3) is 0 Å². The normalized spacial score (nSPS) is 13.2. The largest absolute Gasteiger partial charge is 0.372 e. The highest BCUT2D eigenvalue weighted by Crippen LogP contribution is 2.19. The minimum absolute atomic E-state index is 0.324. The standard InChI is InChI=1S/C14H24N6/c1-10(2)11(8-19(4)5)17-13-14-16-6-7-20(14)9-12(15-3)18-13/h6-7,9-11,15H,8H2,1-5H3,(H,17,18). The number of anilines is 2. The lowest BCUT2D eigenvalue weighted by molar-refractivity contribution is 0.344. The zero-order valence-electron chi connectivity index (χ0n) is 12.9. The summed E-state index contributed by atoms with van der Waals surface area (Å²) in [5, 5.41) is 6.62. The molecule has 2 rings (SSSR count). The van der Waals surface area contributed by atoms with E-state index in [9.17, 15) is 0 Å². The predicted octanol–water partition coefficient (Wildman–Crippen LogP) is 1.77. The molecule has 6 heteroatoms. The maximum absolute atomic E-state index is 4.60. The molecule has 0 radical (unpaired) electrons. The van der Waals surface area contributed by atoms with Crippen LogP contribution in [0.25, 0.3) is 5.65 Å². The topological polar surface area (TPSA) is 57.5 Å². The van der Waals surface area contributed by atoms with Crippen LogP contribution in [0.5, 0.6) is 0 Å². The Morgan fingerprint density at radius 3 is 2.70 bits per heavy atom. The van der Waals surface area contributed by atoms with E-state index in [1.54, 1.807) is 6.20 Å². The summed E-state index contributed by atoms with van der Waals surface area (Å²) < 4.78 is 1.98. The molecule has 0 aliphatic carbocycles. The summed E-state index contributed by atoms with van der Waals surface area (Å²) >= 11 is 0. The highest BCUT2D eigenvalue weighted by molar-refractivity contribution is 5.65. The Hall–Kier alpha value is -1.82. The van der Waals surface area contributed by atoms with Crippen molar-refractivity contribution < 1.29 is 0 Å². The van der Waals surface area contributed by atoms with E-state index in [1.165, 1.54) is 0 Å². The van der Waals surface area contributed by atoms with Crippen molar-refractivity contribution in [2.45, 2.75) is 19.9 Å². The molecule has 0 bridgehead atoms. The Balaban J connectivity index is 2.32. The highest BCUT2D eigenvalue weighted by Gasteiger charge is 2.17. The first kappa shape index (κ1) is 14.6. The third kappa shape index (κ3) is 3.19. The number of imidazole rings is 1. The minimum Gasteiger partial charge on any atom is -0.372 e. The van der Waals surface area contributed by atoms with Gasteiger partial charge in [-0.1, -0.05) is 13.8 Å². The Morgan fingerprint density at radius 1 is 1.35 bits per heavy atom. The SMILES string of the molecule is CNc1cn2ccnc2c(NC(CN(C)C)C(C)C)n1. The van der Waals surface area contributed by atoms with Crippen molar-refractivity contribution in [3.8, 4) is 0 Å². The fourth-order valence-electron chi connectivity index (χ4n) is 2.14. The van der Waals surface area contributed by atoms with E-state index in [2.05, 4.69) is 53.4 Å². The average Bonchev–Trinajstić information content (AvgIpc) is 2.85. The molecule has 2 N–H and O–H groups in total. The Kier molecular flexibility index (Phi) is 4.44. The van der Waals surface area contributed by atoms with Crippen LogP contribution < -0.4 is 10.6 Å². The zero-order valence-corrected chi connectivity index (χ0v) is 12.9. The minimum atomic E-state index is 0.324. The van der Waals surface area contributed by atoms with Crippen molar-refractivity contribution in [2.75, 3.05) is 38.3 Å². The first-order valence-electron chi connectivity index (χ1n) is 6.94. The summed E-state index contributed by atoms with van der Waals surface area (Å²) in [7, 11) is 6.04. The van der Waals surface area contributed by atoms with E-state index in [0.717, 1.165) is 23.8 Å². The molecule has 0 spiro atoms. The van der Waals surface area contributed by atoms with Crippen molar-refractivity contribution in [3.63, 3.8) is 0 Å². The van der Waals surface area contributed by atoms with Crippen LogP contribution in [0.4, 0.5) is 11.6 Å². The molecule has 2 aromatic heterocycles. The van der Waals surface area contributed by atoms with Gasteiger partial charge in [-0.05, 0) is 20.0 Å². The number of likely N-dealkylation sites (N-methyl/N-ethyl adjacent to an activating group) is 1. The van der Waals surface area contributed by atoms with E-state index in [4.69, 9.17) is 0 Å². The van der Waals surface area contributed by atoms with Crippen molar-refractivity contribution in [1.82, 2.24) is 19.3 Å². The van der Waals surface area contributed by atoms with Crippen LogP contribution >= 0.6 is 0 Å². The third-order valence-electron chi connectivity index (χ3n) is 3.32. The lowest BCUT2D eigenvalue weighted by atomic mass is 10.0. The van der Waals surface area contributed by atoms with Crippen LogP contribution in [-0.4, -0.2) is 53.0 Å². The molecule has 0 saturated carbocycles. The number of fused-ring (bicyclic) bond motifs is 1. The summed E-state index contributed by atoms with van der Waals surface area (Å²) in [6.45, 7) is 5.38. The zero-order chi connectivity index (χ0) is 14.7. The first-order valence-corrected chi connectivity index (χ1v) is 6.94. The second kappa shape index (κ2) is 6.09. The predicted molar refractivity (Wildman–Crippen MR) is 83.3 cm³/mol. The van der Waals surface area contributed by atoms with Gasteiger partial charge in [0, 0.05) is 32.0 Å². The Labute approximate surface area is 120 Å². The molecule has 20 heavy (non-hydrogen) atoms. The van der Waals surface area contributed by atoms with Gasteiger partial charge in [-0.3, -0.25) is 0 Å². The molecule has 0 aliphatic rings. The van der Waals surface area contributed by atoms with Crippen molar-refractivity contribution in [1.29, 1.82) is 0 Å². The number of rotatable bonds is 6. The molecule has 2 heterocycles. The van der Waals surface area contributed by atoms with Crippen LogP contribution in [0.2, 0.25) is 0 Å². The maximum Gasteiger partial charge on any atom is 0.180 e. The van der Waals surface area contributed by atoms with Crippen LogP contribution in [0, 0.1) is 5.92 Å². The van der Waals surface area contributed by atoms with Gasteiger partial charge in [0.05, 0.1) is 6.20 Å². The van der Waals surface area contributed by atoms with E-state index in [-0.39, 0.29) is 0 Å². The summed E-state index contributed by atoms with van der Waals surface area (Å²) in [6, 6.07) is 0.324. The molecule has 0 aliphatic heterocycles. The number of hydrogen-bond acceptors (Lipinski definition) is 5. The van der Waals surface area contributed by atoms with Crippen molar-refractivity contribution in [3.05, 3.63) is 18.6 Å². The number of aromatic nitrogens is 3. The molecule has 1 unspecified atom stereocenters. The molecule has 1 atom stereocenters. The molecule has 0 aromatic carbocycles. The van der Waals surface area contributed by atoms with Crippen molar-refractivity contribution >= 4 is 17.3 Å². The summed E-state index contributed by atoms with van der Waals surface area (Å²) in [5.41, 5.74) is 0.855. The maximum atomic E-state index is 4.60. The lowest BCUT2D eigenvalue weighted by Crippen LogP contribution is -2.36. The summed E-state index contributed by atoms with van der Waals surface area (Å²) in [5.74, 6) is 2.15. The van der Waals surface area contributed by atoms with Gasteiger partial charge in [0.15, 0.2) is 11.5 Å². The number of nitrogens with zero attached hydrogens (tertiary/aromatic N) is 4. The molecular formula is C14H24N6. The van der Waals surface area contributed by atoms with Crippen LogP contribution in [0.1, 0.15) is 13.8 Å². The van der Waals surface area contributed by atoms with Crippen LogP contribution in [0.15, 0.2) is 18.6 Å². The van der Waals surface area contributed by atoms with Gasteiger partial charge in [0.2, 0.25) is 0 Å². The van der Waals surface area contributed by atoms with Crippen LogP contribution in [-0.2, 0) is 0 Å². The monoisotopic (exact) mass is 276 g/mol. The highest BCUT2D eigenvalue weighted by atomic mass is 15.2. The van der Waals surface area contributed by atoms with E-state index in [1.807, 2.05) is 23.8 Å². The van der Waals surface area contributed by atoms with Crippen LogP contribution in [0.3, 0.4) is 0 Å². The van der Waals surface area contributed by atoms with Gasteiger partial charge >= 0.3 is 0 Å². The van der Waals surface area contributed by atoms with Gasteiger partial charge in [-0.25, -0.2) is 9.97 Å². The number of hydrogen-bond donors (Lipinski definition) is 2. The second-order valence-electron chi connectivity index (χ2n) is 5.64. The van der Waals surface area contributed by atoms with Gasteiger partial charge < -0.3 is 19.9 Å². The average molecular weight is 276 g/mol. The lowest BCUT2D eigenvalue weighted by Gasteiger charge is -2.26.